The fourth-order valence-electron chi connectivity index (χ4n) is 1.93. The SMILES string of the molecule is CC1(C)CCC(=O)CN1C(=O)c1ccco1. The normalized spacial score (nSPS) is 19.9. The topological polar surface area (TPSA) is 50.5 Å². The average Bonchev–Trinajstić information content (AvgIpc) is 2.74. The lowest BCUT2D eigenvalue weighted by atomic mass is 9.89. The van der Waals surface area contributed by atoms with Crippen LogP contribution in [0.25, 0.3) is 0 Å². The highest BCUT2D eigenvalue weighted by Crippen LogP contribution is 2.27. The van der Waals surface area contributed by atoms with E-state index in [0.717, 1.165) is 0 Å². The maximum atomic E-state index is 12.1. The highest BCUT2D eigenvalue weighted by Gasteiger charge is 2.37. The fraction of sp³-hybridized carbons (Fsp3) is 0.500. The number of furan rings is 1. The molecule has 0 spiro atoms. The first kappa shape index (κ1) is 10.9. The number of carbonyl (C=O) groups excluding carboxylic acids is 2. The number of Topliss-reactive ketones (excluding diaryl/α,β-unsaturated/α-hetero) is 1. The summed E-state index contributed by atoms with van der Waals surface area (Å²) in [5.74, 6) is 0.199. The minimum absolute atomic E-state index is 0.110. The molecule has 4 nitrogen and oxygen atoms in total. The lowest BCUT2D eigenvalue weighted by Crippen LogP contribution is -2.53. The summed E-state index contributed by atoms with van der Waals surface area (Å²) >= 11 is 0. The van der Waals surface area contributed by atoms with Crippen LogP contribution in [0.15, 0.2) is 22.8 Å². The number of carbonyl (C=O) groups is 2. The Balaban J connectivity index is 2.24. The van der Waals surface area contributed by atoms with Gasteiger partial charge in [0.15, 0.2) is 11.5 Å². The van der Waals surface area contributed by atoms with Crippen LogP contribution in [0.1, 0.15) is 37.2 Å². The van der Waals surface area contributed by atoms with Gasteiger partial charge in [-0.2, -0.15) is 0 Å². The van der Waals surface area contributed by atoms with Crippen molar-refractivity contribution >= 4 is 11.7 Å². The Labute approximate surface area is 94.2 Å². The van der Waals surface area contributed by atoms with Gasteiger partial charge in [0.2, 0.25) is 0 Å². The van der Waals surface area contributed by atoms with Crippen molar-refractivity contribution in [2.24, 2.45) is 0 Å². The van der Waals surface area contributed by atoms with E-state index in [2.05, 4.69) is 0 Å². The van der Waals surface area contributed by atoms with Crippen molar-refractivity contribution < 1.29 is 14.0 Å². The Morgan fingerprint density at radius 2 is 2.25 bits per heavy atom. The van der Waals surface area contributed by atoms with Crippen LogP contribution in [0.3, 0.4) is 0 Å². The first-order chi connectivity index (χ1) is 7.50. The fourth-order valence-corrected chi connectivity index (χ4v) is 1.93. The molecule has 0 aliphatic carbocycles. The van der Waals surface area contributed by atoms with Crippen LogP contribution < -0.4 is 0 Å². The molecule has 1 aromatic rings. The smallest absolute Gasteiger partial charge is 0.290 e. The van der Waals surface area contributed by atoms with Crippen molar-refractivity contribution in [3.8, 4) is 0 Å². The van der Waals surface area contributed by atoms with Crippen LogP contribution in [0.2, 0.25) is 0 Å². The molecular weight excluding hydrogens is 206 g/mol. The summed E-state index contributed by atoms with van der Waals surface area (Å²) in [5.41, 5.74) is -0.280. The maximum absolute atomic E-state index is 12.1. The third kappa shape index (κ3) is 1.87. The largest absolute Gasteiger partial charge is 0.459 e. The summed E-state index contributed by atoms with van der Waals surface area (Å²) in [7, 11) is 0. The number of amides is 1. The van der Waals surface area contributed by atoms with Crippen LogP contribution in [0.5, 0.6) is 0 Å². The molecule has 86 valence electrons. The lowest BCUT2D eigenvalue weighted by Gasteiger charge is -2.41. The number of ketones is 1. The lowest BCUT2D eigenvalue weighted by molar-refractivity contribution is -0.124. The molecule has 16 heavy (non-hydrogen) atoms. The highest BCUT2D eigenvalue weighted by atomic mass is 16.3. The first-order valence-electron chi connectivity index (χ1n) is 5.38. The standard InChI is InChI=1S/C12H15NO3/c1-12(2)6-5-9(14)8-13(12)11(15)10-4-3-7-16-10/h3-4,7H,5-6,8H2,1-2H3. The number of hydrogen-bond donors (Lipinski definition) is 0. The molecule has 0 atom stereocenters. The maximum Gasteiger partial charge on any atom is 0.290 e. The Hall–Kier alpha value is -1.58. The van der Waals surface area contributed by atoms with Gasteiger partial charge in [-0.3, -0.25) is 9.59 Å². The number of rotatable bonds is 1. The summed E-state index contributed by atoms with van der Waals surface area (Å²) in [6, 6.07) is 3.30. The van der Waals surface area contributed by atoms with Crippen LogP contribution in [0, 0.1) is 0 Å². The van der Waals surface area contributed by atoms with E-state index >= 15 is 0 Å². The highest BCUT2D eigenvalue weighted by molar-refractivity contribution is 5.96. The van der Waals surface area contributed by atoms with Crippen molar-refractivity contribution in [3.05, 3.63) is 24.2 Å². The summed E-state index contributed by atoms with van der Waals surface area (Å²) < 4.78 is 5.07. The van der Waals surface area contributed by atoms with Crippen molar-refractivity contribution in [3.63, 3.8) is 0 Å². The molecule has 0 unspecified atom stereocenters. The van der Waals surface area contributed by atoms with Crippen LogP contribution in [-0.2, 0) is 4.79 Å². The van der Waals surface area contributed by atoms with E-state index < -0.39 is 0 Å². The average molecular weight is 221 g/mol. The zero-order chi connectivity index (χ0) is 11.8. The van der Waals surface area contributed by atoms with Gasteiger partial charge in [0.1, 0.15) is 0 Å². The third-order valence-corrected chi connectivity index (χ3v) is 3.06. The molecule has 0 N–H and O–H groups in total. The van der Waals surface area contributed by atoms with Gasteiger partial charge in [0.05, 0.1) is 12.8 Å². The molecule has 1 amide bonds. The first-order valence-corrected chi connectivity index (χ1v) is 5.38. The molecule has 0 radical (unpaired) electrons. The molecular formula is C12H15NO3. The Morgan fingerprint density at radius 1 is 1.50 bits per heavy atom. The molecule has 0 saturated carbocycles. The summed E-state index contributed by atoms with van der Waals surface area (Å²) in [6.07, 6.45) is 2.72. The van der Waals surface area contributed by atoms with Gasteiger partial charge < -0.3 is 9.32 Å². The summed E-state index contributed by atoms with van der Waals surface area (Å²) in [4.78, 5) is 25.1. The molecule has 1 aromatic heterocycles. The zero-order valence-electron chi connectivity index (χ0n) is 9.53. The predicted molar refractivity (Wildman–Crippen MR) is 58.1 cm³/mol. The van der Waals surface area contributed by atoms with Gasteiger partial charge in [-0.05, 0) is 32.4 Å². The molecule has 0 bridgehead atoms. The monoisotopic (exact) mass is 221 g/mol. The molecule has 2 rings (SSSR count). The van der Waals surface area contributed by atoms with E-state index in [9.17, 15) is 9.59 Å². The van der Waals surface area contributed by atoms with Gasteiger partial charge in [0, 0.05) is 12.0 Å². The van der Waals surface area contributed by atoms with Gasteiger partial charge in [-0.25, -0.2) is 0 Å². The van der Waals surface area contributed by atoms with Crippen molar-refractivity contribution in [2.45, 2.75) is 32.2 Å². The number of hydrogen-bond acceptors (Lipinski definition) is 3. The second-order valence-corrected chi connectivity index (χ2v) is 4.72. The molecule has 2 heterocycles. The quantitative estimate of drug-likeness (QED) is 0.727. The van der Waals surface area contributed by atoms with Gasteiger partial charge in [-0.15, -0.1) is 0 Å². The molecule has 0 aromatic carbocycles. The van der Waals surface area contributed by atoms with Crippen molar-refractivity contribution in [1.29, 1.82) is 0 Å². The molecule has 1 fully saturated rings. The van der Waals surface area contributed by atoms with Gasteiger partial charge >= 0.3 is 0 Å². The zero-order valence-corrected chi connectivity index (χ0v) is 9.53. The van der Waals surface area contributed by atoms with E-state index in [4.69, 9.17) is 4.42 Å². The van der Waals surface area contributed by atoms with Crippen LogP contribution in [-0.4, -0.2) is 28.7 Å². The minimum Gasteiger partial charge on any atom is -0.459 e. The van der Waals surface area contributed by atoms with Gasteiger partial charge in [-0.1, -0.05) is 0 Å². The second kappa shape index (κ2) is 3.77. The van der Waals surface area contributed by atoms with E-state index in [1.54, 1.807) is 17.0 Å². The Bertz CT molecular complexity index is 406. The Kier molecular flexibility index (Phi) is 2.58. The number of nitrogens with zero attached hydrogens (tertiary/aromatic N) is 1. The van der Waals surface area contributed by atoms with Crippen LogP contribution >= 0.6 is 0 Å². The summed E-state index contributed by atoms with van der Waals surface area (Å²) in [5, 5.41) is 0. The van der Waals surface area contributed by atoms with E-state index in [0.29, 0.717) is 18.6 Å². The molecule has 4 heteroatoms. The van der Waals surface area contributed by atoms with Crippen LogP contribution in [0.4, 0.5) is 0 Å². The minimum atomic E-state index is -0.280. The predicted octanol–water partition coefficient (Wildman–Crippen LogP) is 1.86. The van der Waals surface area contributed by atoms with Crippen molar-refractivity contribution in [2.75, 3.05) is 6.54 Å². The molecule has 1 aliphatic heterocycles. The van der Waals surface area contributed by atoms with E-state index in [-0.39, 0.29) is 23.8 Å². The van der Waals surface area contributed by atoms with E-state index in [1.807, 2.05) is 13.8 Å². The number of likely N-dealkylation sites (tertiary alicyclic amines) is 1. The second-order valence-electron chi connectivity index (χ2n) is 4.72. The third-order valence-electron chi connectivity index (χ3n) is 3.06. The van der Waals surface area contributed by atoms with E-state index in [1.165, 1.54) is 6.26 Å². The molecule has 1 aliphatic rings. The molecule has 1 saturated heterocycles. The number of piperidine rings is 1. The van der Waals surface area contributed by atoms with Gasteiger partial charge in [0.25, 0.3) is 5.91 Å². The van der Waals surface area contributed by atoms with Crippen molar-refractivity contribution in [1.82, 2.24) is 4.90 Å². The Morgan fingerprint density at radius 3 is 2.88 bits per heavy atom. The summed E-state index contributed by atoms with van der Waals surface area (Å²) in [6.45, 7) is 4.13.